The minimum atomic E-state index is -0.959. The number of benzene rings is 2. The van der Waals surface area contributed by atoms with Crippen molar-refractivity contribution < 1.29 is 17.9 Å². The smallest absolute Gasteiger partial charge is 0.165 e. The Balaban J connectivity index is 2.57. The lowest BCUT2D eigenvalue weighted by Crippen LogP contribution is -2.30. The normalized spacial score (nSPS) is 12.3. The lowest BCUT2D eigenvalue weighted by atomic mass is 9.96. The Morgan fingerprint density at radius 1 is 1.10 bits per heavy atom. The van der Waals surface area contributed by atoms with E-state index in [1.807, 2.05) is 0 Å². The molecule has 1 atom stereocenters. The van der Waals surface area contributed by atoms with E-state index in [1.54, 1.807) is 0 Å². The van der Waals surface area contributed by atoms with Crippen molar-refractivity contribution in [1.82, 2.24) is 5.43 Å². The van der Waals surface area contributed by atoms with Crippen molar-refractivity contribution in [3.8, 4) is 5.75 Å². The first kappa shape index (κ1) is 15.3. The Morgan fingerprint density at radius 3 is 2.38 bits per heavy atom. The summed E-state index contributed by atoms with van der Waals surface area (Å²) in [6.45, 7) is 1.52. The molecule has 2 rings (SSSR count). The molecule has 3 nitrogen and oxygen atoms in total. The molecule has 21 heavy (non-hydrogen) atoms. The van der Waals surface area contributed by atoms with E-state index in [0.29, 0.717) is 11.1 Å². The number of rotatable bonds is 4. The number of hydrogen-bond donors (Lipinski definition) is 2. The second-order valence-corrected chi connectivity index (χ2v) is 4.59. The van der Waals surface area contributed by atoms with E-state index < -0.39 is 23.5 Å². The van der Waals surface area contributed by atoms with Crippen molar-refractivity contribution in [2.45, 2.75) is 13.0 Å². The first-order valence-electron chi connectivity index (χ1n) is 6.23. The first-order chi connectivity index (χ1) is 9.99. The minimum absolute atomic E-state index is 0.0266. The second-order valence-electron chi connectivity index (χ2n) is 4.59. The van der Waals surface area contributed by atoms with Crippen LogP contribution >= 0.6 is 0 Å². The van der Waals surface area contributed by atoms with E-state index in [0.717, 1.165) is 6.07 Å². The zero-order chi connectivity index (χ0) is 15.6. The number of nitrogens with two attached hydrogens (primary N) is 1. The van der Waals surface area contributed by atoms with Gasteiger partial charge in [0.25, 0.3) is 0 Å². The number of halogens is 3. The lowest BCUT2D eigenvalue weighted by molar-refractivity contribution is 0.385. The van der Waals surface area contributed by atoms with Gasteiger partial charge in [0.05, 0.1) is 13.2 Å². The highest BCUT2D eigenvalue weighted by Gasteiger charge is 2.23. The molecule has 3 N–H and O–H groups in total. The van der Waals surface area contributed by atoms with Crippen LogP contribution < -0.4 is 16.0 Å². The fraction of sp³-hybridized carbons (Fsp3) is 0.200. The van der Waals surface area contributed by atoms with Crippen LogP contribution in [0.3, 0.4) is 0 Å². The fourth-order valence-electron chi connectivity index (χ4n) is 2.15. The van der Waals surface area contributed by atoms with Crippen LogP contribution in [0.5, 0.6) is 5.75 Å². The van der Waals surface area contributed by atoms with Crippen molar-refractivity contribution in [3.05, 3.63) is 64.5 Å². The van der Waals surface area contributed by atoms with Gasteiger partial charge in [-0.15, -0.1) is 0 Å². The highest BCUT2D eigenvalue weighted by molar-refractivity contribution is 5.40. The Kier molecular flexibility index (Phi) is 4.50. The van der Waals surface area contributed by atoms with Crippen molar-refractivity contribution >= 4 is 0 Å². The summed E-state index contributed by atoms with van der Waals surface area (Å²) < 4.78 is 46.5. The highest BCUT2D eigenvalue weighted by Crippen LogP contribution is 2.30. The zero-order valence-electron chi connectivity index (χ0n) is 11.6. The third-order valence-electron chi connectivity index (χ3n) is 3.28. The zero-order valence-corrected chi connectivity index (χ0v) is 11.6. The Labute approximate surface area is 120 Å². The third kappa shape index (κ3) is 2.86. The van der Waals surface area contributed by atoms with Crippen LogP contribution in [0.2, 0.25) is 0 Å². The summed E-state index contributed by atoms with van der Waals surface area (Å²) in [4.78, 5) is 0. The average Bonchev–Trinajstić information content (AvgIpc) is 2.48. The van der Waals surface area contributed by atoms with E-state index in [4.69, 9.17) is 10.6 Å². The van der Waals surface area contributed by atoms with Gasteiger partial charge in [-0.05, 0) is 36.2 Å². The van der Waals surface area contributed by atoms with Crippen LogP contribution in [0.15, 0.2) is 30.3 Å². The van der Waals surface area contributed by atoms with E-state index in [1.165, 1.54) is 38.3 Å². The quantitative estimate of drug-likeness (QED) is 0.673. The fourth-order valence-corrected chi connectivity index (χ4v) is 2.15. The van der Waals surface area contributed by atoms with E-state index in [2.05, 4.69) is 5.43 Å². The SMILES string of the molecule is COc1cc(C(NN)c2c(F)ccc(C)c2F)ccc1F. The highest BCUT2D eigenvalue weighted by atomic mass is 19.1. The largest absolute Gasteiger partial charge is 0.494 e. The van der Waals surface area contributed by atoms with Crippen LogP contribution in [0.1, 0.15) is 22.7 Å². The third-order valence-corrected chi connectivity index (χ3v) is 3.28. The molecule has 0 heterocycles. The number of nitrogens with one attached hydrogen (secondary N) is 1. The second kappa shape index (κ2) is 6.15. The number of hydrogen-bond acceptors (Lipinski definition) is 3. The average molecular weight is 296 g/mol. The van der Waals surface area contributed by atoms with Gasteiger partial charge >= 0.3 is 0 Å². The number of methoxy groups -OCH3 is 1. The van der Waals surface area contributed by atoms with E-state index in [9.17, 15) is 13.2 Å². The molecule has 0 spiro atoms. The molecule has 0 amide bonds. The molecule has 112 valence electrons. The molecular formula is C15H15F3N2O. The molecule has 0 aliphatic rings. The molecule has 6 heteroatoms. The van der Waals surface area contributed by atoms with Gasteiger partial charge < -0.3 is 4.74 Å². The molecule has 0 fully saturated rings. The molecule has 0 saturated carbocycles. The Morgan fingerprint density at radius 2 is 1.76 bits per heavy atom. The number of hydrazine groups is 1. The molecule has 0 bridgehead atoms. The summed E-state index contributed by atoms with van der Waals surface area (Å²) in [5.41, 5.74) is 2.82. The van der Waals surface area contributed by atoms with Gasteiger partial charge in [0, 0.05) is 5.56 Å². The minimum Gasteiger partial charge on any atom is -0.494 e. The van der Waals surface area contributed by atoms with Crippen LogP contribution in [0.25, 0.3) is 0 Å². The molecule has 2 aromatic carbocycles. The summed E-state index contributed by atoms with van der Waals surface area (Å²) in [6.07, 6.45) is 0. The number of ether oxygens (including phenoxy) is 1. The summed E-state index contributed by atoms with van der Waals surface area (Å²) >= 11 is 0. The van der Waals surface area contributed by atoms with E-state index >= 15 is 0 Å². The molecule has 0 aromatic heterocycles. The van der Waals surface area contributed by atoms with E-state index in [-0.39, 0.29) is 11.3 Å². The molecule has 0 aliphatic carbocycles. The topological polar surface area (TPSA) is 47.3 Å². The summed E-state index contributed by atoms with van der Waals surface area (Å²) in [5.74, 6) is 3.42. The number of aryl methyl sites for hydroxylation is 1. The summed E-state index contributed by atoms with van der Waals surface area (Å²) in [6, 6.07) is 5.44. The van der Waals surface area contributed by atoms with Crippen LogP contribution in [0, 0.1) is 24.4 Å². The van der Waals surface area contributed by atoms with Gasteiger partial charge in [-0.1, -0.05) is 12.1 Å². The van der Waals surface area contributed by atoms with Crippen molar-refractivity contribution in [2.24, 2.45) is 5.84 Å². The van der Waals surface area contributed by atoms with Gasteiger partial charge in [-0.2, -0.15) is 0 Å². The predicted octanol–water partition coefficient (Wildman–Crippen LogP) is 2.97. The van der Waals surface area contributed by atoms with Gasteiger partial charge in [0.1, 0.15) is 11.6 Å². The van der Waals surface area contributed by atoms with Crippen molar-refractivity contribution in [3.63, 3.8) is 0 Å². The van der Waals surface area contributed by atoms with Crippen LogP contribution in [-0.2, 0) is 0 Å². The van der Waals surface area contributed by atoms with Crippen LogP contribution in [0.4, 0.5) is 13.2 Å². The van der Waals surface area contributed by atoms with Gasteiger partial charge in [-0.25, -0.2) is 18.6 Å². The Hall–Kier alpha value is -2.05. The standard InChI is InChI=1S/C15H15F3N2O/c1-8-3-5-11(17)13(14(8)18)15(20-19)9-4-6-10(16)12(7-9)21-2/h3-7,15,20H,19H2,1-2H3. The summed E-state index contributed by atoms with van der Waals surface area (Å²) in [7, 11) is 1.31. The van der Waals surface area contributed by atoms with Gasteiger partial charge in [0.15, 0.2) is 11.6 Å². The molecule has 0 radical (unpaired) electrons. The summed E-state index contributed by atoms with van der Waals surface area (Å²) in [5, 5.41) is 0. The molecular weight excluding hydrogens is 281 g/mol. The molecule has 2 aromatic rings. The first-order valence-corrected chi connectivity index (χ1v) is 6.23. The maximum atomic E-state index is 14.2. The van der Waals surface area contributed by atoms with Gasteiger partial charge in [0.2, 0.25) is 0 Å². The van der Waals surface area contributed by atoms with Crippen molar-refractivity contribution in [2.75, 3.05) is 7.11 Å². The Bertz CT molecular complexity index is 662. The van der Waals surface area contributed by atoms with Crippen molar-refractivity contribution in [1.29, 1.82) is 0 Å². The molecule has 1 unspecified atom stereocenters. The monoisotopic (exact) mass is 296 g/mol. The molecule has 0 saturated heterocycles. The lowest BCUT2D eigenvalue weighted by Gasteiger charge is -2.20. The predicted molar refractivity (Wildman–Crippen MR) is 73.2 cm³/mol. The van der Waals surface area contributed by atoms with Gasteiger partial charge in [-0.3, -0.25) is 5.84 Å². The molecule has 0 aliphatic heterocycles. The maximum Gasteiger partial charge on any atom is 0.165 e. The van der Waals surface area contributed by atoms with Crippen LogP contribution in [-0.4, -0.2) is 7.11 Å². The maximum absolute atomic E-state index is 14.2.